The summed E-state index contributed by atoms with van der Waals surface area (Å²) >= 11 is 0. The molecule has 0 fully saturated rings. The first-order valence-corrected chi connectivity index (χ1v) is 9.80. The van der Waals surface area contributed by atoms with Gasteiger partial charge >= 0.3 is 0 Å². The molecule has 0 aliphatic carbocycles. The molecule has 31 heavy (non-hydrogen) atoms. The van der Waals surface area contributed by atoms with Crippen molar-refractivity contribution in [2.45, 2.75) is 25.1 Å². The van der Waals surface area contributed by atoms with Crippen LogP contribution in [0, 0.1) is 5.41 Å². The Kier molecular flexibility index (Phi) is 9.56. The van der Waals surface area contributed by atoms with E-state index >= 15 is 0 Å². The molecular formula is C21H28N6O4. The molecule has 2 aromatic rings. The number of benzene rings is 1. The van der Waals surface area contributed by atoms with Crippen molar-refractivity contribution in [2.24, 2.45) is 5.73 Å². The third kappa shape index (κ3) is 8.13. The van der Waals surface area contributed by atoms with Crippen molar-refractivity contribution in [2.75, 3.05) is 19.7 Å². The zero-order chi connectivity index (χ0) is 22.6. The number of amidine groups is 1. The fraction of sp³-hybridized carbons (Fsp3) is 0.333. The number of hydrogen-bond acceptors (Lipinski definition) is 7. The number of pyridine rings is 1. The third-order valence-corrected chi connectivity index (χ3v) is 4.50. The molecule has 1 heterocycles. The topological polar surface area (TPSA) is 173 Å². The summed E-state index contributed by atoms with van der Waals surface area (Å²) in [6, 6.07) is 11.2. The van der Waals surface area contributed by atoms with Crippen molar-refractivity contribution >= 4 is 17.6 Å². The molecule has 8 N–H and O–H groups in total. The quantitative estimate of drug-likeness (QED) is 0.162. The number of carbonyl (C=O) groups is 2. The van der Waals surface area contributed by atoms with Gasteiger partial charge in [-0.2, -0.15) is 0 Å². The van der Waals surface area contributed by atoms with Crippen molar-refractivity contribution in [3.05, 3.63) is 65.5 Å². The Morgan fingerprint density at radius 3 is 2.48 bits per heavy atom. The van der Waals surface area contributed by atoms with E-state index in [1.54, 1.807) is 30.5 Å². The van der Waals surface area contributed by atoms with Crippen LogP contribution in [0.5, 0.6) is 0 Å². The number of aliphatic hydroxyl groups is 2. The Hall–Kier alpha value is -3.34. The number of rotatable bonds is 12. The van der Waals surface area contributed by atoms with Crippen LogP contribution in [-0.4, -0.2) is 64.7 Å². The molecule has 1 aromatic heterocycles. The van der Waals surface area contributed by atoms with Crippen LogP contribution in [0.15, 0.2) is 48.7 Å². The van der Waals surface area contributed by atoms with Crippen LogP contribution in [0.4, 0.5) is 0 Å². The number of nitrogens with zero attached hydrogens (tertiary/aromatic N) is 1. The van der Waals surface area contributed by atoms with Crippen molar-refractivity contribution < 1.29 is 19.8 Å². The lowest BCUT2D eigenvalue weighted by atomic mass is 10.1. The average Bonchev–Trinajstić information content (AvgIpc) is 2.78. The molecule has 1 aromatic carbocycles. The van der Waals surface area contributed by atoms with E-state index in [4.69, 9.17) is 11.1 Å². The predicted molar refractivity (Wildman–Crippen MR) is 115 cm³/mol. The average molecular weight is 428 g/mol. The minimum absolute atomic E-state index is 0.0502. The highest BCUT2D eigenvalue weighted by molar-refractivity contribution is 5.94. The normalized spacial score (nSPS) is 12.6. The van der Waals surface area contributed by atoms with E-state index in [9.17, 15) is 19.8 Å². The molecule has 0 saturated heterocycles. The van der Waals surface area contributed by atoms with Crippen LogP contribution in [-0.2, 0) is 22.6 Å². The Bertz CT molecular complexity index is 860. The van der Waals surface area contributed by atoms with Gasteiger partial charge in [0.2, 0.25) is 11.8 Å². The maximum Gasteiger partial charge on any atom is 0.240 e. The van der Waals surface area contributed by atoms with Gasteiger partial charge in [-0.25, -0.2) is 0 Å². The standard InChI is InChI=1S/C21H28N6O4/c22-20(23)15-6-4-14(5-7-15)11-26-19(17(29)13-28)21(31)27-12-18(30)25-10-8-16-3-1-2-9-24-16/h1-7,9,17,19,26,28-29H,8,10-13H2,(H3,22,23)(H,25,30)(H,27,31). The van der Waals surface area contributed by atoms with E-state index in [1.165, 1.54) is 0 Å². The summed E-state index contributed by atoms with van der Waals surface area (Å²) in [7, 11) is 0. The number of nitrogens with one attached hydrogen (secondary N) is 4. The van der Waals surface area contributed by atoms with Crippen LogP contribution < -0.4 is 21.7 Å². The van der Waals surface area contributed by atoms with Gasteiger partial charge in [-0.3, -0.25) is 25.3 Å². The van der Waals surface area contributed by atoms with Crippen LogP contribution in [0.2, 0.25) is 0 Å². The van der Waals surface area contributed by atoms with Gasteiger partial charge in [-0.15, -0.1) is 0 Å². The molecular weight excluding hydrogens is 400 g/mol. The lowest BCUT2D eigenvalue weighted by Crippen LogP contribution is -2.53. The van der Waals surface area contributed by atoms with Gasteiger partial charge in [0.25, 0.3) is 0 Å². The maximum atomic E-state index is 12.4. The monoisotopic (exact) mass is 428 g/mol. The maximum absolute atomic E-state index is 12.4. The largest absolute Gasteiger partial charge is 0.394 e. The number of carbonyl (C=O) groups excluding carboxylic acids is 2. The number of aliphatic hydroxyl groups excluding tert-OH is 2. The second-order valence-corrected chi connectivity index (χ2v) is 6.86. The van der Waals surface area contributed by atoms with E-state index in [0.717, 1.165) is 11.3 Å². The summed E-state index contributed by atoms with van der Waals surface area (Å²) in [5, 5.41) is 34.7. The zero-order valence-electron chi connectivity index (χ0n) is 17.0. The number of amides is 2. The van der Waals surface area contributed by atoms with E-state index in [0.29, 0.717) is 18.5 Å². The molecule has 2 atom stereocenters. The van der Waals surface area contributed by atoms with Gasteiger partial charge in [0.15, 0.2) is 0 Å². The van der Waals surface area contributed by atoms with Crippen molar-refractivity contribution in [3.8, 4) is 0 Å². The molecule has 2 unspecified atom stereocenters. The van der Waals surface area contributed by atoms with E-state index in [2.05, 4.69) is 20.9 Å². The third-order valence-electron chi connectivity index (χ3n) is 4.50. The fourth-order valence-corrected chi connectivity index (χ4v) is 2.75. The molecule has 166 valence electrons. The lowest BCUT2D eigenvalue weighted by molar-refractivity contribution is -0.129. The first-order valence-electron chi connectivity index (χ1n) is 9.80. The molecule has 2 amide bonds. The van der Waals surface area contributed by atoms with Gasteiger partial charge in [0.1, 0.15) is 18.0 Å². The van der Waals surface area contributed by atoms with Crippen molar-refractivity contribution in [1.29, 1.82) is 5.41 Å². The van der Waals surface area contributed by atoms with Gasteiger partial charge in [0, 0.05) is 37.0 Å². The van der Waals surface area contributed by atoms with E-state index < -0.39 is 24.7 Å². The Morgan fingerprint density at radius 1 is 1.13 bits per heavy atom. The Labute approximate surface area is 180 Å². The predicted octanol–water partition coefficient (Wildman–Crippen LogP) is -1.35. The van der Waals surface area contributed by atoms with Gasteiger partial charge < -0.3 is 26.6 Å². The summed E-state index contributed by atoms with van der Waals surface area (Å²) in [5.41, 5.74) is 7.63. The fourth-order valence-electron chi connectivity index (χ4n) is 2.75. The minimum atomic E-state index is -1.34. The minimum Gasteiger partial charge on any atom is -0.394 e. The van der Waals surface area contributed by atoms with Gasteiger partial charge in [0.05, 0.1) is 13.2 Å². The highest BCUT2D eigenvalue weighted by Gasteiger charge is 2.26. The zero-order valence-corrected chi connectivity index (χ0v) is 17.0. The molecule has 0 aliphatic rings. The van der Waals surface area contributed by atoms with Gasteiger partial charge in [-0.05, 0) is 17.7 Å². The highest BCUT2D eigenvalue weighted by Crippen LogP contribution is 2.05. The smallest absolute Gasteiger partial charge is 0.240 e. The van der Waals surface area contributed by atoms with Crippen LogP contribution in [0.1, 0.15) is 16.8 Å². The number of hydrogen-bond donors (Lipinski definition) is 7. The lowest BCUT2D eigenvalue weighted by Gasteiger charge is -2.22. The molecule has 0 aliphatic heterocycles. The second kappa shape index (κ2) is 12.4. The molecule has 2 rings (SSSR count). The van der Waals surface area contributed by atoms with E-state index in [1.807, 2.05) is 18.2 Å². The number of nitrogen functional groups attached to an aromatic ring is 1. The SMILES string of the molecule is N=C(N)c1ccc(CNC(C(=O)NCC(=O)NCCc2ccccn2)C(O)CO)cc1. The van der Waals surface area contributed by atoms with Crippen LogP contribution in [0.3, 0.4) is 0 Å². The summed E-state index contributed by atoms with van der Waals surface area (Å²) in [5.74, 6) is -1.03. The van der Waals surface area contributed by atoms with Gasteiger partial charge in [-0.1, -0.05) is 30.3 Å². The molecule has 10 nitrogen and oxygen atoms in total. The summed E-state index contributed by atoms with van der Waals surface area (Å²) < 4.78 is 0. The summed E-state index contributed by atoms with van der Waals surface area (Å²) in [4.78, 5) is 28.6. The molecule has 0 bridgehead atoms. The highest BCUT2D eigenvalue weighted by atomic mass is 16.3. The molecule has 0 saturated carbocycles. The molecule has 10 heteroatoms. The number of aromatic nitrogens is 1. The summed E-state index contributed by atoms with van der Waals surface area (Å²) in [6.45, 7) is -0.276. The Balaban J connectivity index is 1.80. The van der Waals surface area contributed by atoms with E-state index in [-0.39, 0.29) is 24.8 Å². The second-order valence-electron chi connectivity index (χ2n) is 6.86. The van der Waals surface area contributed by atoms with Crippen LogP contribution in [0.25, 0.3) is 0 Å². The number of nitrogens with two attached hydrogens (primary N) is 1. The van der Waals surface area contributed by atoms with Crippen molar-refractivity contribution in [1.82, 2.24) is 20.9 Å². The first-order chi connectivity index (χ1) is 14.9. The first kappa shape index (κ1) is 23.9. The van der Waals surface area contributed by atoms with Crippen molar-refractivity contribution in [3.63, 3.8) is 0 Å². The molecule has 0 radical (unpaired) electrons. The summed E-state index contributed by atoms with van der Waals surface area (Å²) in [6.07, 6.45) is 0.897. The van der Waals surface area contributed by atoms with Crippen LogP contribution >= 0.6 is 0 Å². The molecule has 0 spiro atoms. The Morgan fingerprint density at radius 2 is 1.87 bits per heavy atom.